The number of anilines is 1. The third-order valence-corrected chi connectivity index (χ3v) is 4.72. The van der Waals surface area contributed by atoms with Crippen molar-refractivity contribution in [2.75, 3.05) is 26.1 Å². The maximum Gasteiger partial charge on any atom is 0.338 e. The molecule has 0 bridgehead atoms. The summed E-state index contributed by atoms with van der Waals surface area (Å²) in [4.78, 5) is 36.0. The lowest BCUT2D eigenvalue weighted by atomic mass is 10.1. The van der Waals surface area contributed by atoms with Gasteiger partial charge in [0.2, 0.25) is 5.91 Å². The summed E-state index contributed by atoms with van der Waals surface area (Å²) in [6.45, 7) is -0.321. The smallest absolute Gasteiger partial charge is 0.338 e. The normalized spacial score (nSPS) is 10.2. The number of methoxy groups -OCH3 is 2. The molecule has 3 N–H and O–H groups in total. The number of benzene rings is 3. The predicted octanol–water partition coefficient (Wildman–Crippen LogP) is 3.18. The van der Waals surface area contributed by atoms with E-state index in [1.54, 1.807) is 48.5 Å². The molecule has 0 aliphatic rings. The Morgan fingerprint density at radius 3 is 2.32 bits per heavy atom. The van der Waals surface area contributed by atoms with E-state index in [4.69, 9.17) is 24.7 Å². The number of esters is 1. The molecule has 0 aliphatic heterocycles. The minimum absolute atomic E-state index is 0.0381. The van der Waals surface area contributed by atoms with Crippen LogP contribution >= 0.6 is 0 Å². The summed E-state index contributed by atoms with van der Waals surface area (Å²) in [6, 6.07) is 18.0. The number of carbonyl (C=O) groups excluding carboxylic acids is 3. The highest BCUT2D eigenvalue weighted by Crippen LogP contribution is 2.29. The van der Waals surface area contributed by atoms with E-state index in [-0.39, 0.29) is 30.3 Å². The van der Waals surface area contributed by atoms with Crippen LogP contribution in [-0.4, -0.2) is 38.6 Å². The first-order valence-electron chi connectivity index (χ1n) is 10.2. The van der Waals surface area contributed by atoms with Crippen LogP contribution in [0.5, 0.6) is 17.2 Å². The minimum Gasteiger partial charge on any atom is -0.495 e. The summed E-state index contributed by atoms with van der Waals surface area (Å²) in [5.41, 5.74) is 6.96. The molecule has 176 valence electrons. The van der Waals surface area contributed by atoms with Gasteiger partial charge < -0.3 is 30.0 Å². The number of hydrogen-bond acceptors (Lipinski definition) is 7. The van der Waals surface area contributed by atoms with Crippen molar-refractivity contribution in [3.8, 4) is 17.2 Å². The third-order valence-electron chi connectivity index (χ3n) is 4.72. The van der Waals surface area contributed by atoms with Crippen LogP contribution in [0.4, 0.5) is 5.69 Å². The molecule has 0 fully saturated rings. The average Bonchev–Trinajstić information content (AvgIpc) is 2.86. The topological polar surface area (TPSA) is 126 Å². The van der Waals surface area contributed by atoms with Gasteiger partial charge in [-0.25, -0.2) is 4.79 Å². The molecule has 0 aliphatic carbocycles. The van der Waals surface area contributed by atoms with Crippen molar-refractivity contribution in [1.82, 2.24) is 0 Å². The molecule has 0 saturated carbocycles. The van der Waals surface area contributed by atoms with Crippen LogP contribution in [0.15, 0.2) is 66.7 Å². The first kappa shape index (κ1) is 24.1. The van der Waals surface area contributed by atoms with Crippen molar-refractivity contribution >= 4 is 23.5 Å². The summed E-state index contributed by atoms with van der Waals surface area (Å²) in [5, 5.41) is 2.71. The van der Waals surface area contributed by atoms with Crippen LogP contribution in [0.25, 0.3) is 0 Å². The van der Waals surface area contributed by atoms with Crippen LogP contribution in [0, 0.1) is 0 Å². The van der Waals surface area contributed by atoms with Gasteiger partial charge in [0, 0.05) is 5.56 Å². The van der Waals surface area contributed by atoms with Crippen molar-refractivity contribution in [3.63, 3.8) is 0 Å². The molecule has 3 rings (SSSR count). The van der Waals surface area contributed by atoms with Crippen molar-refractivity contribution in [3.05, 3.63) is 83.4 Å². The van der Waals surface area contributed by atoms with Crippen LogP contribution < -0.4 is 25.3 Å². The maximum absolute atomic E-state index is 12.5. The third kappa shape index (κ3) is 6.26. The number of hydrogen-bond donors (Lipinski definition) is 2. The molecule has 0 spiro atoms. The lowest BCUT2D eigenvalue weighted by Crippen LogP contribution is -2.20. The second-order valence-electron chi connectivity index (χ2n) is 7.04. The molecule has 0 heterocycles. The second kappa shape index (κ2) is 11.4. The molecule has 3 aromatic rings. The monoisotopic (exact) mass is 464 g/mol. The maximum atomic E-state index is 12.5. The second-order valence-corrected chi connectivity index (χ2v) is 7.04. The lowest BCUT2D eigenvalue weighted by molar-refractivity contribution is -0.118. The zero-order valence-electron chi connectivity index (χ0n) is 18.7. The van der Waals surface area contributed by atoms with Gasteiger partial charge in [0.1, 0.15) is 12.4 Å². The highest BCUT2D eigenvalue weighted by molar-refractivity contribution is 5.94. The fraction of sp³-hybridized carbons (Fsp3) is 0.160. The Labute approximate surface area is 196 Å². The van der Waals surface area contributed by atoms with Gasteiger partial charge >= 0.3 is 5.97 Å². The van der Waals surface area contributed by atoms with Gasteiger partial charge in [-0.1, -0.05) is 24.3 Å². The van der Waals surface area contributed by atoms with Gasteiger partial charge in [0.15, 0.2) is 18.1 Å². The standard InChI is InChI=1S/C25H24N2O7/c1-31-20-9-4-3-8-19(20)27-23(28)15-33-21-11-10-18(13-22(21)32-2)25(30)34-14-16-6-5-7-17(12-16)24(26)29/h3-13H,14-15H2,1-2H3,(H2,26,29)(H,27,28). The molecule has 0 radical (unpaired) electrons. The molecule has 9 heteroatoms. The first-order chi connectivity index (χ1) is 16.4. The molecule has 34 heavy (non-hydrogen) atoms. The van der Waals surface area contributed by atoms with Gasteiger partial charge in [0.05, 0.1) is 25.5 Å². The molecule has 0 unspecified atom stereocenters. The molecule has 0 atom stereocenters. The van der Waals surface area contributed by atoms with Crippen molar-refractivity contribution in [1.29, 1.82) is 0 Å². The fourth-order valence-electron chi connectivity index (χ4n) is 3.04. The molecule has 3 aromatic carbocycles. The van der Waals surface area contributed by atoms with E-state index in [0.29, 0.717) is 22.6 Å². The summed E-state index contributed by atoms with van der Waals surface area (Å²) >= 11 is 0. The average molecular weight is 464 g/mol. The molecule has 2 amide bonds. The van der Waals surface area contributed by atoms with Crippen LogP contribution in [0.2, 0.25) is 0 Å². The predicted molar refractivity (Wildman–Crippen MR) is 124 cm³/mol. The van der Waals surface area contributed by atoms with E-state index in [9.17, 15) is 14.4 Å². The Kier molecular flexibility index (Phi) is 8.07. The Hall–Kier alpha value is -4.53. The van der Waals surface area contributed by atoms with E-state index in [1.165, 1.54) is 32.4 Å². The van der Waals surface area contributed by atoms with E-state index < -0.39 is 17.8 Å². The van der Waals surface area contributed by atoms with Crippen LogP contribution in [-0.2, 0) is 16.1 Å². The zero-order chi connectivity index (χ0) is 24.5. The van der Waals surface area contributed by atoms with E-state index in [1.807, 2.05) is 0 Å². The largest absolute Gasteiger partial charge is 0.495 e. The quantitative estimate of drug-likeness (QED) is 0.441. The van der Waals surface area contributed by atoms with Gasteiger partial charge in [-0.3, -0.25) is 9.59 Å². The van der Waals surface area contributed by atoms with Gasteiger partial charge in [-0.2, -0.15) is 0 Å². The highest BCUT2D eigenvalue weighted by Gasteiger charge is 2.15. The number of amides is 2. The minimum atomic E-state index is -0.594. The lowest BCUT2D eigenvalue weighted by Gasteiger charge is -2.13. The van der Waals surface area contributed by atoms with Crippen molar-refractivity contribution < 1.29 is 33.3 Å². The SMILES string of the molecule is COc1ccccc1NC(=O)COc1ccc(C(=O)OCc2cccc(C(N)=O)c2)cc1OC. The molecule has 9 nitrogen and oxygen atoms in total. The van der Waals surface area contributed by atoms with E-state index in [0.717, 1.165) is 0 Å². The molecular weight excluding hydrogens is 440 g/mol. The summed E-state index contributed by atoms with van der Waals surface area (Å²) in [6.07, 6.45) is 0. The molecule has 0 saturated heterocycles. The first-order valence-corrected chi connectivity index (χ1v) is 10.2. The number of nitrogens with one attached hydrogen (secondary N) is 1. The summed E-state index contributed by atoms with van der Waals surface area (Å²) < 4.78 is 21.4. The fourth-order valence-corrected chi connectivity index (χ4v) is 3.04. The summed E-state index contributed by atoms with van der Waals surface area (Å²) in [5.74, 6) is -0.488. The van der Waals surface area contributed by atoms with Crippen LogP contribution in [0.3, 0.4) is 0 Å². The van der Waals surface area contributed by atoms with Crippen molar-refractivity contribution in [2.24, 2.45) is 5.73 Å². The zero-order valence-corrected chi connectivity index (χ0v) is 18.7. The van der Waals surface area contributed by atoms with Gasteiger partial charge in [-0.15, -0.1) is 0 Å². The highest BCUT2D eigenvalue weighted by atomic mass is 16.5. The Bertz CT molecular complexity index is 1190. The Morgan fingerprint density at radius 1 is 0.824 bits per heavy atom. The number of rotatable bonds is 10. The van der Waals surface area contributed by atoms with Crippen LogP contribution in [0.1, 0.15) is 26.3 Å². The number of para-hydroxylation sites is 2. The number of carbonyl (C=O) groups is 3. The molecular formula is C25H24N2O7. The number of ether oxygens (including phenoxy) is 4. The van der Waals surface area contributed by atoms with Gasteiger partial charge in [0.25, 0.3) is 5.91 Å². The Balaban J connectivity index is 1.60. The molecule has 0 aromatic heterocycles. The van der Waals surface area contributed by atoms with Gasteiger partial charge in [-0.05, 0) is 48.0 Å². The number of nitrogens with two attached hydrogens (primary N) is 1. The number of primary amides is 1. The van der Waals surface area contributed by atoms with Crippen molar-refractivity contribution in [2.45, 2.75) is 6.61 Å². The van der Waals surface area contributed by atoms with E-state index >= 15 is 0 Å². The van der Waals surface area contributed by atoms with E-state index in [2.05, 4.69) is 5.32 Å². The summed E-state index contributed by atoms with van der Waals surface area (Å²) in [7, 11) is 2.93. The Morgan fingerprint density at radius 2 is 1.59 bits per heavy atom.